The van der Waals surface area contributed by atoms with Crippen LogP contribution >= 0.6 is 0 Å². The molecule has 0 fully saturated rings. The van der Waals surface area contributed by atoms with Gasteiger partial charge < -0.3 is 10.1 Å². The SMILES string of the molecule is COc1ccc(/C=N\NC(=O)CN(Cc2ccccc2)S(=O)(=O)c2ccc(NC(C)=O)cc2)cc1. The molecular formula is C25H26N4O5S. The summed E-state index contributed by atoms with van der Waals surface area (Å²) in [4.78, 5) is 23.8. The highest BCUT2D eigenvalue weighted by Crippen LogP contribution is 2.20. The van der Waals surface area contributed by atoms with E-state index in [0.29, 0.717) is 11.4 Å². The predicted molar refractivity (Wildman–Crippen MR) is 134 cm³/mol. The first-order valence-corrected chi connectivity index (χ1v) is 12.1. The van der Waals surface area contributed by atoms with Crippen LogP contribution in [0.2, 0.25) is 0 Å². The van der Waals surface area contributed by atoms with Crippen molar-refractivity contribution in [1.29, 1.82) is 0 Å². The van der Waals surface area contributed by atoms with Crippen LogP contribution in [0, 0.1) is 0 Å². The first-order chi connectivity index (χ1) is 16.8. The van der Waals surface area contributed by atoms with Crippen molar-refractivity contribution in [2.45, 2.75) is 18.4 Å². The number of sulfonamides is 1. The Hall–Kier alpha value is -4.02. The molecule has 0 atom stereocenters. The average molecular weight is 495 g/mol. The fraction of sp³-hybridized carbons (Fsp3) is 0.160. The quantitative estimate of drug-likeness (QED) is 0.332. The zero-order chi connectivity index (χ0) is 25.3. The molecule has 9 nitrogen and oxygen atoms in total. The van der Waals surface area contributed by atoms with E-state index < -0.39 is 22.5 Å². The van der Waals surface area contributed by atoms with Crippen LogP contribution in [0.3, 0.4) is 0 Å². The van der Waals surface area contributed by atoms with Gasteiger partial charge in [0.1, 0.15) is 5.75 Å². The Labute approximate surface area is 204 Å². The summed E-state index contributed by atoms with van der Waals surface area (Å²) < 4.78 is 32.9. The third kappa shape index (κ3) is 7.49. The molecule has 0 spiro atoms. The number of carbonyl (C=O) groups excluding carboxylic acids is 2. The zero-order valence-electron chi connectivity index (χ0n) is 19.3. The van der Waals surface area contributed by atoms with Crippen molar-refractivity contribution in [2.75, 3.05) is 19.0 Å². The highest BCUT2D eigenvalue weighted by molar-refractivity contribution is 7.89. The molecule has 3 aromatic rings. The third-order valence-electron chi connectivity index (χ3n) is 4.85. The van der Waals surface area contributed by atoms with E-state index in [4.69, 9.17) is 4.74 Å². The summed E-state index contributed by atoms with van der Waals surface area (Å²) in [5.41, 5.74) is 4.30. The molecule has 10 heteroatoms. The van der Waals surface area contributed by atoms with Crippen LogP contribution in [0.5, 0.6) is 5.75 Å². The number of rotatable bonds is 10. The monoisotopic (exact) mass is 494 g/mol. The molecule has 2 amide bonds. The van der Waals surface area contributed by atoms with E-state index in [2.05, 4.69) is 15.8 Å². The van der Waals surface area contributed by atoms with Crippen LogP contribution in [0.15, 0.2) is 88.9 Å². The second kappa shape index (κ2) is 11.9. The van der Waals surface area contributed by atoms with Crippen LogP contribution in [0.4, 0.5) is 5.69 Å². The molecule has 182 valence electrons. The molecule has 2 N–H and O–H groups in total. The molecule has 0 bridgehead atoms. The molecule has 0 aliphatic carbocycles. The highest BCUT2D eigenvalue weighted by Gasteiger charge is 2.27. The van der Waals surface area contributed by atoms with Gasteiger partial charge >= 0.3 is 0 Å². The van der Waals surface area contributed by atoms with Crippen molar-refractivity contribution in [2.24, 2.45) is 5.10 Å². The van der Waals surface area contributed by atoms with Gasteiger partial charge in [0.05, 0.1) is 24.8 Å². The number of ether oxygens (including phenoxy) is 1. The Morgan fingerprint density at radius 1 is 0.971 bits per heavy atom. The maximum atomic E-state index is 13.4. The molecule has 0 saturated heterocycles. The number of benzene rings is 3. The van der Waals surface area contributed by atoms with E-state index in [1.807, 2.05) is 6.07 Å². The summed E-state index contributed by atoms with van der Waals surface area (Å²) in [6, 6.07) is 21.8. The zero-order valence-corrected chi connectivity index (χ0v) is 20.2. The Morgan fingerprint density at radius 3 is 2.23 bits per heavy atom. The molecule has 3 rings (SSSR count). The molecule has 0 aromatic heterocycles. The van der Waals surface area contributed by atoms with Crippen molar-refractivity contribution >= 4 is 33.7 Å². The highest BCUT2D eigenvalue weighted by atomic mass is 32.2. The Morgan fingerprint density at radius 2 is 1.63 bits per heavy atom. The summed E-state index contributed by atoms with van der Waals surface area (Å²) in [5, 5.41) is 6.52. The minimum atomic E-state index is -4.03. The van der Waals surface area contributed by atoms with E-state index >= 15 is 0 Å². The van der Waals surface area contributed by atoms with Crippen molar-refractivity contribution in [3.8, 4) is 5.75 Å². The lowest BCUT2D eigenvalue weighted by atomic mass is 10.2. The Kier molecular flexibility index (Phi) is 8.71. The van der Waals surface area contributed by atoms with Crippen molar-refractivity contribution in [3.05, 3.63) is 90.0 Å². The second-order valence-corrected chi connectivity index (χ2v) is 9.47. The van der Waals surface area contributed by atoms with Crippen LogP contribution in [-0.4, -0.2) is 44.4 Å². The van der Waals surface area contributed by atoms with Gasteiger partial charge in [-0.15, -0.1) is 0 Å². The van der Waals surface area contributed by atoms with Gasteiger partial charge in [-0.3, -0.25) is 9.59 Å². The number of hydrogen-bond donors (Lipinski definition) is 2. The van der Waals surface area contributed by atoms with Gasteiger partial charge in [0.2, 0.25) is 15.9 Å². The number of anilines is 1. The summed E-state index contributed by atoms with van der Waals surface area (Å²) in [5.74, 6) is -0.166. The van der Waals surface area contributed by atoms with Gasteiger partial charge in [0.15, 0.2) is 0 Å². The van der Waals surface area contributed by atoms with E-state index in [9.17, 15) is 18.0 Å². The van der Waals surface area contributed by atoms with Gasteiger partial charge in [-0.2, -0.15) is 9.41 Å². The topological polar surface area (TPSA) is 117 Å². The minimum absolute atomic E-state index is 0.00272. The van der Waals surface area contributed by atoms with Crippen LogP contribution < -0.4 is 15.5 Å². The number of nitrogens with one attached hydrogen (secondary N) is 2. The van der Waals surface area contributed by atoms with Crippen molar-refractivity contribution in [1.82, 2.24) is 9.73 Å². The lowest BCUT2D eigenvalue weighted by Crippen LogP contribution is -2.39. The fourth-order valence-electron chi connectivity index (χ4n) is 3.14. The maximum Gasteiger partial charge on any atom is 0.255 e. The lowest BCUT2D eigenvalue weighted by molar-refractivity contribution is -0.121. The van der Waals surface area contributed by atoms with Gasteiger partial charge in [-0.05, 0) is 59.7 Å². The summed E-state index contributed by atoms with van der Waals surface area (Å²) >= 11 is 0. The summed E-state index contributed by atoms with van der Waals surface area (Å²) in [6.07, 6.45) is 1.45. The molecule has 35 heavy (non-hydrogen) atoms. The average Bonchev–Trinajstić information content (AvgIpc) is 2.84. The largest absolute Gasteiger partial charge is 0.497 e. The standard InChI is InChI=1S/C25H26N4O5S/c1-19(30)27-22-10-14-24(15-11-22)35(32,33)29(17-21-6-4-3-5-7-21)18-25(31)28-26-16-20-8-12-23(34-2)13-9-20/h3-16H,17-18H2,1-2H3,(H,27,30)(H,28,31)/b26-16-. The summed E-state index contributed by atoms with van der Waals surface area (Å²) in [6.45, 7) is 0.916. The van der Waals surface area contributed by atoms with Crippen molar-refractivity contribution < 1.29 is 22.7 Å². The lowest BCUT2D eigenvalue weighted by Gasteiger charge is -2.21. The normalized spacial score (nSPS) is 11.4. The van der Waals surface area contributed by atoms with E-state index in [1.54, 1.807) is 55.6 Å². The van der Waals surface area contributed by atoms with E-state index in [1.165, 1.54) is 37.4 Å². The van der Waals surface area contributed by atoms with Crippen LogP contribution in [0.1, 0.15) is 18.1 Å². The van der Waals surface area contributed by atoms with Crippen LogP contribution in [-0.2, 0) is 26.2 Å². The van der Waals surface area contributed by atoms with Gasteiger partial charge in [-0.1, -0.05) is 30.3 Å². The molecule has 0 aliphatic rings. The molecular weight excluding hydrogens is 468 g/mol. The van der Waals surface area contributed by atoms with Gasteiger partial charge in [0, 0.05) is 19.2 Å². The van der Waals surface area contributed by atoms with Crippen molar-refractivity contribution in [3.63, 3.8) is 0 Å². The number of hydrazone groups is 1. The number of carbonyl (C=O) groups is 2. The smallest absolute Gasteiger partial charge is 0.255 e. The third-order valence-corrected chi connectivity index (χ3v) is 6.66. The second-order valence-electron chi connectivity index (χ2n) is 7.53. The fourth-order valence-corrected chi connectivity index (χ4v) is 4.52. The molecule has 3 aromatic carbocycles. The number of nitrogens with zero attached hydrogens (tertiary/aromatic N) is 2. The molecule has 0 saturated carbocycles. The summed E-state index contributed by atoms with van der Waals surface area (Å²) in [7, 11) is -2.47. The van der Waals surface area contributed by atoms with Gasteiger partial charge in [0.25, 0.3) is 5.91 Å². The maximum absolute atomic E-state index is 13.4. The predicted octanol–water partition coefficient (Wildman–Crippen LogP) is 2.99. The first-order valence-electron chi connectivity index (χ1n) is 10.7. The molecule has 0 aliphatic heterocycles. The van der Waals surface area contributed by atoms with E-state index in [-0.39, 0.29) is 17.3 Å². The molecule has 0 heterocycles. The Balaban J connectivity index is 1.76. The Bertz CT molecular complexity index is 1280. The number of methoxy groups -OCH3 is 1. The molecule has 0 unspecified atom stereocenters. The van der Waals surface area contributed by atoms with Crippen LogP contribution in [0.25, 0.3) is 0 Å². The number of amides is 2. The molecule has 0 radical (unpaired) electrons. The van der Waals surface area contributed by atoms with Gasteiger partial charge in [-0.25, -0.2) is 13.8 Å². The minimum Gasteiger partial charge on any atom is -0.497 e. The first kappa shape index (κ1) is 25.6. The van der Waals surface area contributed by atoms with E-state index in [0.717, 1.165) is 15.4 Å². The number of hydrogen-bond acceptors (Lipinski definition) is 6.